The number of amides is 1. The number of ether oxygens (including phenoxy) is 2. The number of rotatable bonds is 7. The molecule has 0 unspecified atom stereocenters. The molecule has 6 nitrogen and oxygen atoms in total. The second-order valence-corrected chi connectivity index (χ2v) is 5.98. The molecular formula is C21H21NO5. The van der Waals surface area contributed by atoms with E-state index in [2.05, 4.69) is 5.32 Å². The Morgan fingerprint density at radius 3 is 2.59 bits per heavy atom. The predicted octanol–water partition coefficient (Wildman–Crippen LogP) is 4.07. The molecule has 3 aromatic rings. The van der Waals surface area contributed by atoms with Crippen LogP contribution in [-0.2, 0) is 20.9 Å². The molecule has 1 aromatic heterocycles. The van der Waals surface area contributed by atoms with Crippen molar-refractivity contribution in [3.8, 4) is 0 Å². The average Bonchev–Trinajstić information content (AvgIpc) is 3.05. The smallest absolute Gasteiger partial charge is 0.375 e. The Morgan fingerprint density at radius 1 is 1.07 bits per heavy atom. The summed E-state index contributed by atoms with van der Waals surface area (Å²) in [6.45, 7) is 4.09. The molecule has 0 saturated carbocycles. The van der Waals surface area contributed by atoms with Crippen molar-refractivity contribution in [2.45, 2.75) is 20.5 Å². The molecule has 1 amide bonds. The maximum Gasteiger partial charge on any atom is 0.375 e. The Bertz CT molecular complexity index is 960. The van der Waals surface area contributed by atoms with E-state index >= 15 is 0 Å². The summed E-state index contributed by atoms with van der Waals surface area (Å²) in [6, 6.07) is 14.7. The molecular weight excluding hydrogens is 346 g/mol. The molecule has 0 fully saturated rings. The zero-order valence-electron chi connectivity index (χ0n) is 15.3. The largest absolute Gasteiger partial charge is 0.450 e. The molecule has 0 bridgehead atoms. The van der Waals surface area contributed by atoms with Gasteiger partial charge in [-0.3, -0.25) is 4.79 Å². The van der Waals surface area contributed by atoms with Crippen molar-refractivity contribution in [3.63, 3.8) is 0 Å². The lowest BCUT2D eigenvalue weighted by atomic mass is 10.1. The van der Waals surface area contributed by atoms with Crippen LogP contribution in [0.1, 0.15) is 28.6 Å². The van der Waals surface area contributed by atoms with E-state index in [1.54, 1.807) is 12.1 Å². The molecule has 0 atom stereocenters. The number of anilines is 1. The Labute approximate surface area is 157 Å². The van der Waals surface area contributed by atoms with Crippen molar-refractivity contribution in [1.82, 2.24) is 0 Å². The number of hydrogen-bond donors (Lipinski definition) is 1. The summed E-state index contributed by atoms with van der Waals surface area (Å²) in [5.41, 5.74) is 2.80. The van der Waals surface area contributed by atoms with E-state index < -0.39 is 18.5 Å². The molecule has 6 heteroatoms. The maximum atomic E-state index is 12.5. The third-order valence-electron chi connectivity index (χ3n) is 4.09. The van der Waals surface area contributed by atoms with Crippen LogP contribution >= 0.6 is 0 Å². The molecule has 0 radical (unpaired) electrons. The third kappa shape index (κ3) is 4.35. The second-order valence-electron chi connectivity index (χ2n) is 5.98. The van der Waals surface area contributed by atoms with Crippen LogP contribution in [0.5, 0.6) is 0 Å². The summed E-state index contributed by atoms with van der Waals surface area (Å²) in [4.78, 5) is 24.6. The minimum absolute atomic E-state index is 0.0633. The van der Waals surface area contributed by atoms with Crippen LogP contribution in [0.15, 0.2) is 52.9 Å². The molecule has 0 saturated heterocycles. The highest BCUT2D eigenvalue weighted by molar-refractivity contribution is 5.98. The number of aryl methyl sites for hydroxylation is 1. The van der Waals surface area contributed by atoms with E-state index in [0.717, 1.165) is 10.9 Å². The van der Waals surface area contributed by atoms with Crippen LogP contribution in [-0.4, -0.2) is 25.1 Å². The quantitative estimate of drug-likeness (QED) is 0.637. The fraction of sp³-hybridized carbons (Fsp3) is 0.238. The van der Waals surface area contributed by atoms with Crippen molar-refractivity contribution in [2.24, 2.45) is 0 Å². The standard InChI is InChI=1S/C21H21NO5/c1-3-25-12-16-15-9-5-7-11-18(15)27-20(16)21(24)26-13-19(23)22-17-10-6-4-8-14(17)2/h4-11H,3,12-13H2,1-2H3,(H,22,23). The number of para-hydroxylation sites is 2. The molecule has 140 valence electrons. The molecule has 0 spiro atoms. The highest BCUT2D eigenvalue weighted by Crippen LogP contribution is 2.27. The van der Waals surface area contributed by atoms with E-state index in [1.165, 1.54) is 0 Å². The maximum absolute atomic E-state index is 12.5. The predicted molar refractivity (Wildman–Crippen MR) is 102 cm³/mol. The molecule has 0 aliphatic carbocycles. The summed E-state index contributed by atoms with van der Waals surface area (Å²) < 4.78 is 16.2. The monoisotopic (exact) mass is 367 g/mol. The molecule has 1 heterocycles. The summed E-state index contributed by atoms with van der Waals surface area (Å²) >= 11 is 0. The zero-order valence-corrected chi connectivity index (χ0v) is 15.3. The number of carbonyl (C=O) groups excluding carboxylic acids is 2. The van der Waals surface area contributed by atoms with Crippen molar-refractivity contribution >= 4 is 28.5 Å². The molecule has 2 aromatic carbocycles. The van der Waals surface area contributed by atoms with E-state index in [1.807, 2.05) is 50.2 Å². The van der Waals surface area contributed by atoms with Crippen LogP contribution in [0.3, 0.4) is 0 Å². The van der Waals surface area contributed by atoms with Crippen LogP contribution in [0.2, 0.25) is 0 Å². The third-order valence-corrected chi connectivity index (χ3v) is 4.09. The van der Waals surface area contributed by atoms with Crippen molar-refractivity contribution in [3.05, 3.63) is 65.4 Å². The number of fused-ring (bicyclic) bond motifs is 1. The number of benzene rings is 2. The topological polar surface area (TPSA) is 77.8 Å². The van der Waals surface area contributed by atoms with Gasteiger partial charge in [0.15, 0.2) is 6.61 Å². The van der Waals surface area contributed by atoms with Gasteiger partial charge in [0.25, 0.3) is 5.91 Å². The van der Waals surface area contributed by atoms with Crippen LogP contribution in [0.25, 0.3) is 11.0 Å². The van der Waals surface area contributed by atoms with E-state index in [9.17, 15) is 9.59 Å². The summed E-state index contributed by atoms with van der Waals surface area (Å²) in [5, 5.41) is 3.51. The van der Waals surface area contributed by atoms with Crippen molar-refractivity contribution < 1.29 is 23.5 Å². The van der Waals surface area contributed by atoms with Gasteiger partial charge in [-0.2, -0.15) is 0 Å². The summed E-state index contributed by atoms with van der Waals surface area (Å²) in [6.07, 6.45) is 0. The van der Waals surface area contributed by atoms with Crippen molar-refractivity contribution in [2.75, 3.05) is 18.5 Å². The van der Waals surface area contributed by atoms with Gasteiger partial charge in [-0.15, -0.1) is 0 Å². The van der Waals surface area contributed by atoms with E-state index in [0.29, 0.717) is 23.4 Å². The van der Waals surface area contributed by atoms with E-state index in [-0.39, 0.29) is 12.4 Å². The summed E-state index contributed by atoms with van der Waals surface area (Å²) in [5.74, 6) is -1.05. The van der Waals surface area contributed by atoms with Gasteiger partial charge >= 0.3 is 5.97 Å². The fourth-order valence-corrected chi connectivity index (χ4v) is 2.71. The van der Waals surface area contributed by atoms with Gasteiger partial charge in [-0.05, 0) is 31.5 Å². The van der Waals surface area contributed by atoms with Gasteiger partial charge < -0.3 is 19.2 Å². The second kappa shape index (κ2) is 8.51. The van der Waals surface area contributed by atoms with E-state index in [4.69, 9.17) is 13.9 Å². The molecule has 27 heavy (non-hydrogen) atoms. The highest BCUT2D eigenvalue weighted by Gasteiger charge is 2.22. The Hall–Kier alpha value is -3.12. The van der Waals surface area contributed by atoms with Crippen LogP contribution < -0.4 is 5.32 Å². The van der Waals surface area contributed by atoms with Gasteiger partial charge in [0.1, 0.15) is 5.58 Å². The van der Waals surface area contributed by atoms with Crippen molar-refractivity contribution in [1.29, 1.82) is 0 Å². The number of carbonyl (C=O) groups is 2. The van der Waals surface area contributed by atoms with Gasteiger partial charge in [-0.1, -0.05) is 36.4 Å². The molecule has 0 aliphatic rings. The Balaban J connectivity index is 1.70. The number of furan rings is 1. The van der Waals surface area contributed by atoms with Gasteiger partial charge in [0.2, 0.25) is 5.76 Å². The zero-order chi connectivity index (χ0) is 19.2. The average molecular weight is 367 g/mol. The molecule has 3 rings (SSSR count). The fourth-order valence-electron chi connectivity index (χ4n) is 2.71. The lowest BCUT2D eigenvalue weighted by Crippen LogP contribution is -2.21. The first-order chi connectivity index (χ1) is 13.1. The first-order valence-corrected chi connectivity index (χ1v) is 8.71. The SMILES string of the molecule is CCOCc1c(C(=O)OCC(=O)Nc2ccccc2C)oc2ccccc12. The highest BCUT2D eigenvalue weighted by atomic mass is 16.5. The summed E-state index contributed by atoms with van der Waals surface area (Å²) in [7, 11) is 0. The first-order valence-electron chi connectivity index (χ1n) is 8.71. The van der Waals surface area contributed by atoms with Crippen LogP contribution in [0.4, 0.5) is 5.69 Å². The molecule has 0 aliphatic heterocycles. The number of esters is 1. The normalized spacial score (nSPS) is 10.7. The van der Waals surface area contributed by atoms with Gasteiger partial charge in [0.05, 0.1) is 6.61 Å². The number of hydrogen-bond acceptors (Lipinski definition) is 5. The first kappa shape index (κ1) is 18.7. The lowest BCUT2D eigenvalue weighted by molar-refractivity contribution is -0.119. The Kier molecular flexibility index (Phi) is 5.88. The van der Waals surface area contributed by atoms with Gasteiger partial charge in [0, 0.05) is 23.2 Å². The minimum Gasteiger partial charge on any atom is -0.450 e. The number of nitrogens with one attached hydrogen (secondary N) is 1. The van der Waals surface area contributed by atoms with Gasteiger partial charge in [-0.25, -0.2) is 4.79 Å². The Morgan fingerprint density at radius 2 is 1.81 bits per heavy atom. The van der Waals surface area contributed by atoms with Crippen LogP contribution in [0, 0.1) is 6.92 Å². The minimum atomic E-state index is -0.694. The lowest BCUT2D eigenvalue weighted by Gasteiger charge is -2.08. The molecule has 1 N–H and O–H groups in total.